The van der Waals surface area contributed by atoms with E-state index in [4.69, 9.17) is 11.6 Å². The van der Waals surface area contributed by atoms with Crippen LogP contribution in [0.2, 0.25) is 5.02 Å². The Morgan fingerprint density at radius 2 is 1.91 bits per heavy atom. The van der Waals surface area contributed by atoms with Gasteiger partial charge in [0.25, 0.3) is 5.91 Å². The summed E-state index contributed by atoms with van der Waals surface area (Å²) >= 11 is 6.29. The molecular weight excluding hydrogens is 310 g/mol. The zero-order chi connectivity index (χ0) is 16.7. The first-order chi connectivity index (χ1) is 10.9. The van der Waals surface area contributed by atoms with Gasteiger partial charge in [0.2, 0.25) is 0 Å². The van der Waals surface area contributed by atoms with E-state index in [1.807, 2.05) is 62.6 Å². The van der Waals surface area contributed by atoms with Gasteiger partial charge in [-0.15, -0.1) is 0 Å². The minimum Gasteiger partial charge on any atom is -0.319 e. The van der Waals surface area contributed by atoms with Crippen LogP contribution in [0.4, 0.5) is 5.69 Å². The highest BCUT2D eigenvalue weighted by Gasteiger charge is 2.19. The Bertz CT molecular complexity index is 904. The Labute approximate surface area is 140 Å². The normalized spacial score (nSPS) is 11.0. The van der Waals surface area contributed by atoms with E-state index in [0.717, 1.165) is 22.3 Å². The predicted octanol–water partition coefficient (Wildman–Crippen LogP) is 4.47. The van der Waals surface area contributed by atoms with Crippen LogP contribution in [0.25, 0.3) is 5.65 Å². The first-order valence-corrected chi connectivity index (χ1v) is 7.78. The quantitative estimate of drug-likeness (QED) is 0.754. The molecule has 4 nitrogen and oxygen atoms in total. The third kappa shape index (κ3) is 2.70. The highest BCUT2D eigenvalue weighted by atomic mass is 35.5. The van der Waals surface area contributed by atoms with Gasteiger partial charge in [0, 0.05) is 6.20 Å². The molecule has 0 aliphatic rings. The van der Waals surface area contributed by atoms with Crippen LogP contribution in [0, 0.1) is 27.7 Å². The molecule has 0 spiro atoms. The topological polar surface area (TPSA) is 46.4 Å². The molecule has 3 rings (SSSR count). The third-order valence-corrected chi connectivity index (χ3v) is 4.20. The lowest BCUT2D eigenvalue weighted by Crippen LogP contribution is -2.16. The van der Waals surface area contributed by atoms with E-state index in [2.05, 4.69) is 10.3 Å². The molecule has 0 atom stereocenters. The number of carbonyl (C=O) groups excluding carboxylic acids is 1. The number of imidazole rings is 1. The van der Waals surface area contributed by atoms with Crippen LogP contribution in [0.5, 0.6) is 0 Å². The van der Waals surface area contributed by atoms with Crippen molar-refractivity contribution in [2.24, 2.45) is 0 Å². The van der Waals surface area contributed by atoms with Gasteiger partial charge in [-0.05, 0) is 56.5 Å². The number of nitrogens with one attached hydrogen (secondary N) is 1. The summed E-state index contributed by atoms with van der Waals surface area (Å²) in [6, 6.07) is 7.72. The highest BCUT2D eigenvalue weighted by Crippen LogP contribution is 2.28. The van der Waals surface area contributed by atoms with Crippen LogP contribution in [0.3, 0.4) is 0 Å². The zero-order valence-electron chi connectivity index (χ0n) is 13.6. The fourth-order valence-corrected chi connectivity index (χ4v) is 3.21. The maximum Gasteiger partial charge on any atom is 0.274 e. The molecule has 0 saturated heterocycles. The predicted molar refractivity (Wildman–Crippen MR) is 93.5 cm³/mol. The first-order valence-electron chi connectivity index (χ1n) is 7.41. The minimum atomic E-state index is -0.213. The van der Waals surface area contributed by atoms with Crippen LogP contribution in [-0.2, 0) is 0 Å². The van der Waals surface area contributed by atoms with E-state index >= 15 is 0 Å². The lowest BCUT2D eigenvalue weighted by molar-refractivity contribution is 0.102. The number of aromatic nitrogens is 2. The summed E-state index contributed by atoms with van der Waals surface area (Å²) in [5, 5.41) is 3.47. The molecule has 2 aromatic heterocycles. The number of hydrogen-bond acceptors (Lipinski definition) is 2. The molecule has 0 unspecified atom stereocenters. The Morgan fingerprint density at radius 3 is 2.61 bits per heavy atom. The number of halogens is 1. The van der Waals surface area contributed by atoms with Crippen molar-refractivity contribution in [1.29, 1.82) is 0 Å². The number of rotatable bonds is 2. The number of carbonyl (C=O) groups is 1. The monoisotopic (exact) mass is 327 g/mol. The van der Waals surface area contributed by atoms with Gasteiger partial charge in [-0.2, -0.15) is 0 Å². The fourth-order valence-electron chi connectivity index (χ4n) is 2.84. The SMILES string of the molecule is Cc1cc(C)c(NC(=O)c2c(C)nc3c(C)cccn23)c(Cl)c1. The highest BCUT2D eigenvalue weighted by molar-refractivity contribution is 6.34. The van der Waals surface area contributed by atoms with Gasteiger partial charge in [-0.25, -0.2) is 4.98 Å². The molecule has 1 aromatic carbocycles. The smallest absolute Gasteiger partial charge is 0.274 e. The molecule has 118 valence electrons. The molecule has 2 heterocycles. The molecule has 3 aromatic rings. The number of benzene rings is 1. The van der Waals surface area contributed by atoms with E-state index in [1.54, 1.807) is 0 Å². The van der Waals surface area contributed by atoms with Gasteiger partial charge in [-0.3, -0.25) is 9.20 Å². The Balaban J connectivity index is 2.06. The molecular formula is C18H18ClN3O. The van der Waals surface area contributed by atoms with Crippen molar-refractivity contribution in [2.75, 3.05) is 5.32 Å². The number of nitrogens with zero attached hydrogens (tertiary/aromatic N) is 2. The van der Waals surface area contributed by atoms with Gasteiger partial charge in [-0.1, -0.05) is 23.7 Å². The average molecular weight is 328 g/mol. The van der Waals surface area contributed by atoms with E-state index in [9.17, 15) is 4.79 Å². The fraction of sp³-hybridized carbons (Fsp3) is 0.222. The molecule has 1 N–H and O–H groups in total. The van der Waals surface area contributed by atoms with Crippen LogP contribution in [0.15, 0.2) is 30.5 Å². The average Bonchev–Trinajstić information content (AvgIpc) is 2.80. The number of aryl methyl sites for hydroxylation is 4. The number of pyridine rings is 1. The van der Waals surface area contributed by atoms with Gasteiger partial charge in [0.15, 0.2) is 0 Å². The molecule has 0 saturated carbocycles. The summed E-state index contributed by atoms with van der Waals surface area (Å²) in [5.74, 6) is -0.213. The van der Waals surface area contributed by atoms with Crippen molar-refractivity contribution < 1.29 is 4.79 Å². The summed E-state index contributed by atoms with van der Waals surface area (Å²) < 4.78 is 1.82. The molecule has 0 aliphatic heterocycles. The molecule has 0 bridgehead atoms. The summed E-state index contributed by atoms with van der Waals surface area (Å²) in [7, 11) is 0. The second kappa shape index (κ2) is 5.70. The van der Waals surface area contributed by atoms with Gasteiger partial charge >= 0.3 is 0 Å². The standard InChI is InChI=1S/C18H18ClN3O/c1-10-8-12(3)15(14(19)9-10)21-18(23)16-13(4)20-17-11(2)6-5-7-22(16)17/h5-9H,1-4H3,(H,21,23). The number of anilines is 1. The van der Waals surface area contributed by atoms with Crippen molar-refractivity contribution in [3.05, 3.63) is 63.6 Å². The molecule has 5 heteroatoms. The lowest BCUT2D eigenvalue weighted by atomic mass is 10.1. The largest absolute Gasteiger partial charge is 0.319 e. The second-order valence-corrected chi connectivity index (χ2v) is 6.23. The summed E-state index contributed by atoms with van der Waals surface area (Å²) in [5.41, 5.74) is 5.68. The number of amides is 1. The first kappa shape index (κ1) is 15.6. The van der Waals surface area contributed by atoms with Crippen molar-refractivity contribution in [3.63, 3.8) is 0 Å². The van der Waals surface area contributed by atoms with Crippen LogP contribution in [-0.4, -0.2) is 15.3 Å². The summed E-state index contributed by atoms with van der Waals surface area (Å²) in [6.45, 7) is 7.72. The molecule has 1 amide bonds. The van der Waals surface area contributed by atoms with Gasteiger partial charge in [0.1, 0.15) is 11.3 Å². The second-order valence-electron chi connectivity index (χ2n) is 5.82. The third-order valence-electron chi connectivity index (χ3n) is 3.90. The van der Waals surface area contributed by atoms with Crippen molar-refractivity contribution in [1.82, 2.24) is 9.38 Å². The van der Waals surface area contributed by atoms with E-state index in [0.29, 0.717) is 22.1 Å². The maximum atomic E-state index is 12.8. The zero-order valence-corrected chi connectivity index (χ0v) is 14.3. The van der Waals surface area contributed by atoms with Gasteiger partial charge < -0.3 is 5.32 Å². The van der Waals surface area contributed by atoms with Crippen LogP contribution in [0.1, 0.15) is 32.9 Å². The molecule has 0 aliphatic carbocycles. The van der Waals surface area contributed by atoms with E-state index < -0.39 is 0 Å². The Hall–Kier alpha value is -2.33. The van der Waals surface area contributed by atoms with Crippen LogP contribution < -0.4 is 5.32 Å². The van der Waals surface area contributed by atoms with Gasteiger partial charge in [0.05, 0.1) is 16.4 Å². The Morgan fingerprint density at radius 1 is 1.17 bits per heavy atom. The van der Waals surface area contributed by atoms with Crippen LogP contribution >= 0.6 is 11.6 Å². The van der Waals surface area contributed by atoms with Crippen molar-refractivity contribution >= 4 is 28.8 Å². The molecule has 0 fully saturated rings. The lowest BCUT2D eigenvalue weighted by Gasteiger charge is -2.12. The maximum absolute atomic E-state index is 12.8. The molecule has 0 radical (unpaired) electrons. The Kier molecular flexibility index (Phi) is 3.86. The summed E-state index contributed by atoms with van der Waals surface area (Å²) in [4.78, 5) is 17.3. The van der Waals surface area contributed by atoms with Crippen molar-refractivity contribution in [3.8, 4) is 0 Å². The summed E-state index contributed by atoms with van der Waals surface area (Å²) in [6.07, 6.45) is 1.85. The number of fused-ring (bicyclic) bond motifs is 1. The number of hydrogen-bond donors (Lipinski definition) is 1. The minimum absolute atomic E-state index is 0.213. The van der Waals surface area contributed by atoms with E-state index in [1.165, 1.54) is 0 Å². The molecule has 23 heavy (non-hydrogen) atoms. The van der Waals surface area contributed by atoms with E-state index in [-0.39, 0.29) is 5.91 Å². The van der Waals surface area contributed by atoms with Crippen molar-refractivity contribution in [2.45, 2.75) is 27.7 Å².